The summed E-state index contributed by atoms with van der Waals surface area (Å²) in [7, 11) is 0. The van der Waals surface area contributed by atoms with Crippen LogP contribution in [0.25, 0.3) is 0 Å². The van der Waals surface area contributed by atoms with Gasteiger partial charge in [-0.05, 0) is 24.0 Å². The lowest BCUT2D eigenvalue weighted by Crippen LogP contribution is -2.51. The van der Waals surface area contributed by atoms with Gasteiger partial charge >= 0.3 is 5.97 Å². The topological polar surface area (TPSA) is 40.5 Å². The van der Waals surface area contributed by atoms with E-state index in [1.165, 1.54) is 11.1 Å². The third-order valence-electron chi connectivity index (χ3n) is 3.86. The average Bonchev–Trinajstić information content (AvgIpc) is 2.32. The van der Waals surface area contributed by atoms with Crippen LogP contribution in [-0.2, 0) is 11.2 Å². The lowest BCUT2D eigenvalue weighted by atomic mass is 9.92. The molecule has 98 valence electrons. The van der Waals surface area contributed by atoms with E-state index < -0.39 is 5.97 Å². The number of carbonyl (C=O) groups is 1. The minimum Gasteiger partial charge on any atom is -0.481 e. The van der Waals surface area contributed by atoms with E-state index in [0.29, 0.717) is 19.1 Å². The van der Waals surface area contributed by atoms with Gasteiger partial charge in [0.2, 0.25) is 0 Å². The summed E-state index contributed by atoms with van der Waals surface area (Å²) in [4.78, 5) is 13.1. The molecule has 1 aliphatic heterocycles. The highest BCUT2D eigenvalue weighted by atomic mass is 16.4. The Hall–Kier alpha value is -1.35. The first-order valence-corrected chi connectivity index (χ1v) is 6.71. The average molecular weight is 247 g/mol. The van der Waals surface area contributed by atoms with Crippen LogP contribution in [0.15, 0.2) is 24.3 Å². The molecule has 3 heteroatoms. The van der Waals surface area contributed by atoms with Gasteiger partial charge in [0.25, 0.3) is 0 Å². The van der Waals surface area contributed by atoms with E-state index in [-0.39, 0.29) is 5.92 Å². The fraction of sp³-hybridized carbons (Fsp3) is 0.533. The van der Waals surface area contributed by atoms with E-state index in [1.807, 2.05) is 0 Å². The molecule has 1 aliphatic rings. The molecule has 1 aromatic rings. The predicted octanol–water partition coefficient (Wildman–Crippen LogP) is 2.72. The van der Waals surface area contributed by atoms with Crippen molar-refractivity contribution in [2.75, 3.05) is 13.1 Å². The van der Waals surface area contributed by atoms with Crippen molar-refractivity contribution in [3.8, 4) is 0 Å². The second kappa shape index (κ2) is 5.53. The zero-order valence-corrected chi connectivity index (χ0v) is 11.1. The number of hydrogen-bond donors (Lipinski definition) is 1. The highest BCUT2D eigenvalue weighted by Gasteiger charge is 2.36. The summed E-state index contributed by atoms with van der Waals surface area (Å²) in [5, 5.41) is 8.92. The Morgan fingerprint density at radius 2 is 1.94 bits per heavy atom. The molecule has 0 aromatic heterocycles. The van der Waals surface area contributed by atoms with Gasteiger partial charge < -0.3 is 5.11 Å². The van der Waals surface area contributed by atoms with E-state index >= 15 is 0 Å². The molecule has 0 amide bonds. The predicted molar refractivity (Wildman–Crippen MR) is 71.6 cm³/mol. The number of aryl methyl sites for hydroxylation is 1. The number of aliphatic carboxylic acids is 1. The Balaban J connectivity index is 2.03. The fourth-order valence-corrected chi connectivity index (χ4v) is 2.60. The van der Waals surface area contributed by atoms with Crippen molar-refractivity contribution >= 4 is 5.97 Å². The Morgan fingerprint density at radius 1 is 1.33 bits per heavy atom. The quantitative estimate of drug-likeness (QED) is 0.869. The summed E-state index contributed by atoms with van der Waals surface area (Å²) < 4.78 is 0. The van der Waals surface area contributed by atoms with Crippen molar-refractivity contribution in [2.24, 2.45) is 5.92 Å². The zero-order chi connectivity index (χ0) is 13.1. The van der Waals surface area contributed by atoms with Crippen LogP contribution < -0.4 is 0 Å². The minimum absolute atomic E-state index is 0.172. The molecule has 0 aliphatic carbocycles. The monoisotopic (exact) mass is 247 g/mol. The molecule has 0 radical (unpaired) electrons. The van der Waals surface area contributed by atoms with Crippen LogP contribution in [0.5, 0.6) is 0 Å². The molecule has 1 fully saturated rings. The summed E-state index contributed by atoms with van der Waals surface area (Å²) >= 11 is 0. The minimum atomic E-state index is -0.664. The normalized spacial score (nSPS) is 18.3. The van der Waals surface area contributed by atoms with E-state index in [2.05, 4.69) is 43.0 Å². The summed E-state index contributed by atoms with van der Waals surface area (Å²) in [5.41, 5.74) is 2.65. The van der Waals surface area contributed by atoms with Gasteiger partial charge in [-0.3, -0.25) is 9.69 Å². The van der Waals surface area contributed by atoms with Crippen LogP contribution in [0.3, 0.4) is 0 Å². The van der Waals surface area contributed by atoms with Gasteiger partial charge in [0, 0.05) is 19.1 Å². The zero-order valence-electron chi connectivity index (χ0n) is 11.1. The van der Waals surface area contributed by atoms with Crippen molar-refractivity contribution < 1.29 is 9.90 Å². The molecule has 0 bridgehead atoms. The summed E-state index contributed by atoms with van der Waals surface area (Å²) in [6.07, 6.45) is 2.08. The number of benzene rings is 1. The number of carboxylic acids is 1. The van der Waals surface area contributed by atoms with E-state index in [0.717, 1.165) is 12.8 Å². The molecule has 0 spiro atoms. The lowest BCUT2D eigenvalue weighted by Gasteiger charge is -2.42. The third-order valence-corrected chi connectivity index (χ3v) is 3.86. The second-order valence-electron chi connectivity index (χ2n) is 5.01. The van der Waals surface area contributed by atoms with Crippen LogP contribution >= 0.6 is 0 Å². The number of rotatable bonds is 5. The van der Waals surface area contributed by atoms with Gasteiger partial charge in [-0.2, -0.15) is 0 Å². The maximum Gasteiger partial charge on any atom is 0.309 e. The largest absolute Gasteiger partial charge is 0.481 e. The first-order valence-electron chi connectivity index (χ1n) is 6.71. The Morgan fingerprint density at radius 3 is 2.39 bits per heavy atom. The summed E-state index contributed by atoms with van der Waals surface area (Å²) in [6.45, 7) is 5.68. The molecule has 3 nitrogen and oxygen atoms in total. The van der Waals surface area contributed by atoms with Crippen molar-refractivity contribution in [3.63, 3.8) is 0 Å². The molecule has 1 aromatic carbocycles. The maximum absolute atomic E-state index is 10.8. The van der Waals surface area contributed by atoms with Gasteiger partial charge in [-0.25, -0.2) is 0 Å². The summed E-state index contributed by atoms with van der Waals surface area (Å²) in [5.74, 6) is -0.837. The van der Waals surface area contributed by atoms with Crippen LogP contribution in [0.2, 0.25) is 0 Å². The molecule has 18 heavy (non-hydrogen) atoms. The van der Waals surface area contributed by atoms with Crippen LogP contribution in [-0.4, -0.2) is 29.1 Å². The maximum atomic E-state index is 10.8. The van der Waals surface area contributed by atoms with Gasteiger partial charge in [0.05, 0.1) is 5.92 Å². The van der Waals surface area contributed by atoms with E-state index in [1.54, 1.807) is 0 Å². The van der Waals surface area contributed by atoms with Crippen LogP contribution in [0, 0.1) is 5.92 Å². The second-order valence-corrected chi connectivity index (χ2v) is 5.01. The number of hydrogen-bond acceptors (Lipinski definition) is 2. The van der Waals surface area contributed by atoms with Crippen molar-refractivity contribution in [3.05, 3.63) is 35.4 Å². The standard InChI is InChI=1S/C15H21NO2/c1-3-11-5-7-12(8-6-11)14(4-2)16-9-13(10-16)15(17)18/h5-8,13-14H,3-4,9-10H2,1-2H3,(H,17,18). The lowest BCUT2D eigenvalue weighted by molar-refractivity contribution is -0.148. The Labute approximate surface area is 108 Å². The third kappa shape index (κ3) is 2.56. The Bertz CT molecular complexity index is 407. The molecule has 1 unspecified atom stereocenters. The van der Waals surface area contributed by atoms with Gasteiger partial charge in [-0.1, -0.05) is 38.1 Å². The first-order chi connectivity index (χ1) is 8.65. The van der Waals surface area contributed by atoms with Gasteiger partial charge in [0.15, 0.2) is 0 Å². The Kier molecular flexibility index (Phi) is 4.02. The molecular formula is C15H21NO2. The SMILES string of the molecule is CCc1ccc(C(CC)N2CC(C(=O)O)C2)cc1. The van der Waals surface area contributed by atoms with E-state index in [9.17, 15) is 4.79 Å². The molecule has 0 saturated carbocycles. The highest BCUT2D eigenvalue weighted by Crippen LogP contribution is 2.31. The number of nitrogens with zero attached hydrogens (tertiary/aromatic N) is 1. The number of carboxylic acid groups (broad SMARTS) is 1. The number of likely N-dealkylation sites (tertiary alicyclic amines) is 1. The van der Waals surface area contributed by atoms with Crippen molar-refractivity contribution in [2.45, 2.75) is 32.7 Å². The summed E-state index contributed by atoms with van der Waals surface area (Å²) in [6, 6.07) is 9.08. The first kappa shape index (κ1) is 13.1. The smallest absolute Gasteiger partial charge is 0.309 e. The van der Waals surface area contributed by atoms with Crippen LogP contribution in [0.1, 0.15) is 37.4 Å². The van der Waals surface area contributed by atoms with Gasteiger partial charge in [0.1, 0.15) is 0 Å². The van der Waals surface area contributed by atoms with E-state index in [4.69, 9.17) is 5.11 Å². The van der Waals surface area contributed by atoms with Crippen molar-refractivity contribution in [1.82, 2.24) is 4.90 Å². The van der Waals surface area contributed by atoms with Crippen LogP contribution in [0.4, 0.5) is 0 Å². The highest BCUT2D eigenvalue weighted by molar-refractivity contribution is 5.71. The van der Waals surface area contributed by atoms with Gasteiger partial charge in [-0.15, -0.1) is 0 Å². The molecule has 1 atom stereocenters. The molecule has 1 heterocycles. The molecular weight excluding hydrogens is 226 g/mol. The molecule has 1 N–H and O–H groups in total. The molecule has 2 rings (SSSR count). The van der Waals surface area contributed by atoms with Crippen molar-refractivity contribution in [1.29, 1.82) is 0 Å². The molecule has 1 saturated heterocycles. The fourth-order valence-electron chi connectivity index (χ4n) is 2.60.